The minimum Gasteiger partial charge on any atom is -0.508 e. The van der Waals surface area contributed by atoms with Gasteiger partial charge in [0, 0.05) is 131 Å². The number of nitrogens with one attached hydrogen (secondary N) is 1. The predicted octanol–water partition coefficient (Wildman–Crippen LogP) is 17.9. The number of ether oxygens (including phenoxy) is 3. The second-order valence-corrected chi connectivity index (χ2v) is 26.7. The van der Waals surface area contributed by atoms with Gasteiger partial charge in [-0.3, -0.25) is 29.3 Å². The average Bonchev–Trinajstić information content (AvgIpc) is 0.778. The van der Waals surface area contributed by atoms with E-state index in [1.54, 1.807) is 50.4 Å². The summed E-state index contributed by atoms with van der Waals surface area (Å²) in [6, 6.07) is 39.6. The monoisotopic (exact) mass is 1600 g/mol. The van der Waals surface area contributed by atoms with Gasteiger partial charge in [-0.1, -0.05) is 60.7 Å². The SMILES string of the molecule is C=CCN(CC=C)c1ccc2c(=O)c3ccc(N(CC=C)CC=C)cc3oc2c1.C=CCN(CC=C)c1ccc2c(=O)c3ccc(O)cc3oc2c1.C=CCNCC=C.CCOC(=O)CCCN(CC)c1cc(OC)ccc1C.COc1ccc(N)c([N+](=O)[O-])c1.Cc1ccc2c(=O)c3ccc(OS(=O)(=O)C(F)(F)F)cc3oc2c1. The summed E-state index contributed by atoms with van der Waals surface area (Å²) in [5.74, 6) is 0.627. The predicted molar refractivity (Wildman–Crippen MR) is 459 cm³/mol. The maximum Gasteiger partial charge on any atom is 0.534 e. The molecule has 115 heavy (non-hydrogen) atoms. The van der Waals surface area contributed by atoms with E-state index in [1.807, 2.05) is 116 Å². The standard InChI is InChI=1S/C25H26N2O2.C19H17NO3.C16H25NO3.C15H9F3O5S.C7H8N2O3.C6H11N/c1-5-13-26(14-6-2)19-9-11-21-23(17-19)29-24-18-20(10-12-22(24)25(21)28)27(15-7-3)16-8-4;1-3-9-20(10-4-2)13-5-7-15-17(11-13)23-18-12-14(21)6-8-16(18)19(15)22;1-5-17(11-7-8-16(18)20-6-2)15-12-14(19-4)10-9-13(15)3;1-8-2-4-10-12(6-8)22-13-7-9(3-5-11(13)14(10)19)23-24(20,21)15(16,17)18;1-12-5-2-3-6(8)7(4-5)9(10)11;1-3-5-7-6-4-2/h5-12,17-18H,1-4,13-16H2;3-8,11-12,21H,1-2,9-10H2;9-10,12H,5-8,11H2,1-4H3;2-7H,1H3;2-4H,8H2,1H3;3-4,7H,1-2,5-6H2. The van der Waals surface area contributed by atoms with E-state index in [9.17, 15) is 56.0 Å². The highest BCUT2D eigenvalue weighted by atomic mass is 32.2. The van der Waals surface area contributed by atoms with Crippen LogP contribution in [0.3, 0.4) is 0 Å². The zero-order chi connectivity index (χ0) is 84.5. The van der Waals surface area contributed by atoms with Crippen molar-refractivity contribution in [2.75, 3.05) is 112 Å². The molecule has 0 fully saturated rings. The number of aryl methyl sites for hydroxylation is 2. The molecule has 27 heteroatoms. The number of esters is 1. The van der Waals surface area contributed by atoms with Gasteiger partial charge in [-0.2, -0.15) is 21.6 Å². The summed E-state index contributed by atoms with van der Waals surface area (Å²) in [5.41, 5.74) is 7.46. The first-order valence-electron chi connectivity index (χ1n) is 36.2. The lowest BCUT2D eigenvalue weighted by atomic mass is 10.1. The topological polar surface area (TPSA) is 293 Å². The van der Waals surface area contributed by atoms with Crippen LogP contribution in [0.1, 0.15) is 37.8 Å². The van der Waals surface area contributed by atoms with Crippen molar-refractivity contribution in [2.45, 2.75) is 46.0 Å². The first-order chi connectivity index (χ1) is 55.0. The number of carbonyl (C=O) groups excluding carboxylic acids is 1. The Hall–Kier alpha value is -13.1. The third-order valence-corrected chi connectivity index (χ3v) is 18.0. The number of nitro benzene ring substituents is 1. The minimum absolute atomic E-state index is 0.0302. The molecule has 3 heterocycles. The van der Waals surface area contributed by atoms with Crippen molar-refractivity contribution in [3.8, 4) is 23.0 Å². The number of anilines is 5. The Balaban J connectivity index is 0.000000223. The van der Waals surface area contributed by atoms with Crippen molar-refractivity contribution in [3.63, 3.8) is 0 Å². The quantitative estimate of drug-likeness (QED) is 0.00419. The molecule has 0 saturated carbocycles. The summed E-state index contributed by atoms with van der Waals surface area (Å²) in [6.07, 6.45) is 15.9. The number of methoxy groups -OCH3 is 2. The number of nitrogens with two attached hydrogens (primary N) is 1. The number of nitro groups is 1. The molecule has 0 aliphatic heterocycles. The largest absolute Gasteiger partial charge is 0.534 e. The number of halogens is 3. The van der Waals surface area contributed by atoms with Gasteiger partial charge >= 0.3 is 21.6 Å². The van der Waals surface area contributed by atoms with Gasteiger partial charge in [0.1, 0.15) is 62.2 Å². The lowest BCUT2D eigenvalue weighted by molar-refractivity contribution is -0.384. The summed E-state index contributed by atoms with van der Waals surface area (Å²) in [4.78, 5) is 67.6. The molecular formula is C88H96F3N7O16S. The molecule has 0 bridgehead atoms. The van der Waals surface area contributed by atoms with Crippen LogP contribution in [0.15, 0.2) is 274 Å². The molecule has 0 amide bonds. The molecule has 0 aliphatic rings. The first-order valence-corrected chi connectivity index (χ1v) is 37.6. The van der Waals surface area contributed by atoms with E-state index in [0.717, 1.165) is 84.9 Å². The van der Waals surface area contributed by atoms with Crippen molar-refractivity contribution in [1.82, 2.24) is 5.32 Å². The van der Waals surface area contributed by atoms with E-state index < -0.39 is 26.3 Å². The van der Waals surface area contributed by atoms with Crippen LogP contribution >= 0.6 is 0 Å². The van der Waals surface area contributed by atoms with Crippen LogP contribution < -0.4 is 60.6 Å². The van der Waals surface area contributed by atoms with E-state index >= 15 is 0 Å². The Morgan fingerprint density at radius 2 is 0.930 bits per heavy atom. The number of fused-ring (bicyclic) bond motifs is 6. The lowest BCUT2D eigenvalue weighted by Crippen LogP contribution is -2.28. The molecule has 0 unspecified atom stereocenters. The van der Waals surface area contributed by atoms with E-state index in [2.05, 4.69) is 102 Å². The molecule has 3 aromatic heterocycles. The van der Waals surface area contributed by atoms with Crippen molar-refractivity contribution in [2.24, 2.45) is 0 Å². The lowest BCUT2D eigenvalue weighted by Gasteiger charge is -2.25. The number of hydrogen-bond acceptors (Lipinski definition) is 22. The Labute approximate surface area is 665 Å². The molecule has 8 aromatic carbocycles. The fourth-order valence-electron chi connectivity index (χ4n) is 11.5. The van der Waals surface area contributed by atoms with E-state index in [1.165, 1.54) is 36.9 Å². The minimum atomic E-state index is -5.80. The highest BCUT2D eigenvalue weighted by Gasteiger charge is 2.48. The van der Waals surface area contributed by atoms with Crippen LogP contribution in [0.5, 0.6) is 23.0 Å². The van der Waals surface area contributed by atoms with Gasteiger partial charge in [0.25, 0.3) is 5.69 Å². The second-order valence-electron chi connectivity index (χ2n) is 25.2. The molecular weight excluding hydrogens is 1500 g/mol. The van der Waals surface area contributed by atoms with Crippen LogP contribution in [0, 0.1) is 24.0 Å². The van der Waals surface area contributed by atoms with Crippen molar-refractivity contribution in [3.05, 3.63) is 299 Å². The summed E-state index contributed by atoms with van der Waals surface area (Å²) in [7, 11) is -2.69. The highest BCUT2D eigenvalue weighted by molar-refractivity contribution is 7.88. The van der Waals surface area contributed by atoms with Crippen LogP contribution in [0.2, 0.25) is 0 Å². The van der Waals surface area contributed by atoms with Crippen molar-refractivity contribution in [1.29, 1.82) is 0 Å². The number of nitrogens with zero attached hydrogens (tertiary/aromatic N) is 5. The molecule has 606 valence electrons. The molecule has 0 radical (unpaired) electrons. The number of nitrogen functional groups attached to an aromatic ring is 1. The molecule has 11 aromatic rings. The van der Waals surface area contributed by atoms with Gasteiger partial charge in [0.15, 0.2) is 0 Å². The summed E-state index contributed by atoms with van der Waals surface area (Å²) < 4.78 is 95.7. The fourth-order valence-corrected chi connectivity index (χ4v) is 11.9. The Kier molecular flexibility index (Phi) is 34.9. The van der Waals surface area contributed by atoms with E-state index in [-0.39, 0.29) is 55.9 Å². The number of hydrogen-bond donors (Lipinski definition) is 3. The van der Waals surface area contributed by atoms with Gasteiger partial charge in [-0.25, -0.2) is 0 Å². The molecule has 11 rings (SSSR count). The molecule has 0 saturated heterocycles. The van der Waals surface area contributed by atoms with Crippen LogP contribution in [-0.2, 0) is 19.6 Å². The summed E-state index contributed by atoms with van der Waals surface area (Å²) in [6.45, 7) is 45.6. The zero-order valence-electron chi connectivity index (χ0n) is 65.3. The van der Waals surface area contributed by atoms with E-state index in [0.29, 0.717) is 107 Å². The second kappa shape index (κ2) is 44.2. The number of rotatable bonds is 31. The maximum atomic E-state index is 13.0. The third kappa shape index (κ3) is 25.2. The molecule has 0 spiro atoms. The number of carbonyl (C=O) groups is 1. The number of benzene rings is 8. The number of alkyl halides is 3. The van der Waals surface area contributed by atoms with Crippen LogP contribution in [0.25, 0.3) is 65.8 Å². The molecule has 0 atom stereocenters. The van der Waals surface area contributed by atoms with Crippen molar-refractivity contribution >= 4 is 116 Å². The van der Waals surface area contributed by atoms with Crippen molar-refractivity contribution < 1.29 is 68.1 Å². The smallest absolute Gasteiger partial charge is 0.508 e. The third-order valence-electron chi connectivity index (χ3n) is 17.0. The van der Waals surface area contributed by atoms with Gasteiger partial charge in [-0.05, 0) is 136 Å². The fraction of sp³-hybridized carbons (Fsp3) is 0.227. The first kappa shape index (κ1) is 90.7. The molecule has 4 N–H and O–H groups in total. The summed E-state index contributed by atoms with van der Waals surface area (Å²) in [5, 5.41) is 25.5. The maximum absolute atomic E-state index is 13.0. The Morgan fingerprint density at radius 3 is 1.34 bits per heavy atom. The Bertz CT molecular complexity index is 5480. The van der Waals surface area contributed by atoms with Gasteiger partial charge in [-0.15, -0.1) is 52.6 Å². The molecule has 23 nitrogen and oxygen atoms in total. The summed E-state index contributed by atoms with van der Waals surface area (Å²) >= 11 is 0. The average molecular weight is 1600 g/mol. The highest BCUT2D eigenvalue weighted by Crippen LogP contribution is 2.33. The van der Waals surface area contributed by atoms with E-state index in [4.69, 9.17) is 33.2 Å². The number of phenolic OH excluding ortho intramolecular Hbond substituents is 1. The van der Waals surface area contributed by atoms with Gasteiger partial charge in [0.05, 0.1) is 64.1 Å². The van der Waals surface area contributed by atoms with Crippen LogP contribution in [-0.4, -0.2) is 116 Å². The van der Waals surface area contributed by atoms with Gasteiger partial charge in [0.2, 0.25) is 16.3 Å². The number of aromatic hydroxyl groups is 1. The molecule has 0 aliphatic carbocycles. The van der Waals surface area contributed by atoms with Crippen LogP contribution in [0.4, 0.5) is 47.3 Å². The Morgan fingerprint density at radius 1 is 0.539 bits per heavy atom. The zero-order valence-corrected chi connectivity index (χ0v) is 66.1. The van der Waals surface area contributed by atoms with Gasteiger partial charge < -0.3 is 67.4 Å². The normalized spacial score (nSPS) is 10.7. The number of phenols is 1.